The van der Waals surface area contributed by atoms with E-state index in [4.69, 9.17) is 23.7 Å². The van der Waals surface area contributed by atoms with Crippen molar-refractivity contribution in [3.63, 3.8) is 0 Å². The molecule has 0 bridgehead atoms. The molecule has 1 aliphatic heterocycles. The molecule has 0 amide bonds. The number of nitrogens with zero attached hydrogens (tertiary/aromatic N) is 1. The Hall–Kier alpha value is -2.89. The Morgan fingerprint density at radius 1 is 1.00 bits per heavy atom. The van der Waals surface area contributed by atoms with Gasteiger partial charge in [-0.1, -0.05) is 12.1 Å². The van der Waals surface area contributed by atoms with E-state index in [1.165, 1.54) is 0 Å². The molecule has 1 unspecified atom stereocenters. The molecule has 2 aromatic carbocycles. The summed E-state index contributed by atoms with van der Waals surface area (Å²) in [6.07, 6.45) is 1.61. The quantitative estimate of drug-likeness (QED) is 0.755. The minimum Gasteiger partial charge on any atom is -0.496 e. The molecule has 1 heterocycles. The number of fused-ring (bicyclic) bond motifs is 1. The number of para-hydroxylation sites is 2. The van der Waals surface area contributed by atoms with Gasteiger partial charge in [0.15, 0.2) is 29.1 Å². The molecule has 0 saturated heterocycles. The van der Waals surface area contributed by atoms with Gasteiger partial charge in [-0.15, -0.1) is 0 Å². The number of rotatable bonds is 6. The van der Waals surface area contributed by atoms with Gasteiger partial charge in [-0.2, -0.15) is 0 Å². The van der Waals surface area contributed by atoms with Gasteiger partial charge in [0.1, 0.15) is 12.4 Å². The van der Waals surface area contributed by atoms with Gasteiger partial charge >= 0.3 is 0 Å². The Bertz CT molecular complexity index is 759. The number of hydrogen-bond acceptors (Lipinski definition) is 6. The van der Waals surface area contributed by atoms with Crippen LogP contribution in [0.3, 0.4) is 0 Å². The van der Waals surface area contributed by atoms with Crippen molar-refractivity contribution in [2.45, 2.75) is 6.10 Å². The average Bonchev–Trinajstić information content (AvgIpc) is 2.67. The molecular formula is C19H21NO5. The van der Waals surface area contributed by atoms with E-state index in [2.05, 4.69) is 4.99 Å². The van der Waals surface area contributed by atoms with E-state index in [1.807, 2.05) is 30.3 Å². The van der Waals surface area contributed by atoms with E-state index in [1.54, 1.807) is 33.6 Å². The third kappa shape index (κ3) is 3.79. The first-order valence-electron chi connectivity index (χ1n) is 7.93. The summed E-state index contributed by atoms with van der Waals surface area (Å²) in [5.74, 6) is 3.41. The van der Waals surface area contributed by atoms with Crippen LogP contribution in [0.2, 0.25) is 0 Å². The van der Waals surface area contributed by atoms with Gasteiger partial charge in [0.2, 0.25) is 0 Å². The summed E-state index contributed by atoms with van der Waals surface area (Å²) in [6, 6.07) is 11.2. The van der Waals surface area contributed by atoms with Crippen molar-refractivity contribution in [2.75, 3.05) is 34.5 Å². The standard InChI is InChI=1S/C19H21NO5/c1-21-17-9-19(23-3)18(22-2)8-13(17)10-20-11-14-12-24-15-6-4-5-7-16(15)25-14/h4-10,14H,11-12H2,1-3H3. The highest BCUT2D eigenvalue weighted by atomic mass is 16.6. The molecule has 0 radical (unpaired) electrons. The summed E-state index contributed by atoms with van der Waals surface area (Å²) in [4.78, 5) is 4.47. The Morgan fingerprint density at radius 2 is 1.68 bits per heavy atom. The normalized spacial score (nSPS) is 15.9. The summed E-state index contributed by atoms with van der Waals surface area (Å²) >= 11 is 0. The largest absolute Gasteiger partial charge is 0.496 e. The zero-order valence-corrected chi connectivity index (χ0v) is 14.5. The Balaban J connectivity index is 1.70. The van der Waals surface area contributed by atoms with Gasteiger partial charge in [-0.05, 0) is 18.2 Å². The first kappa shape index (κ1) is 17.0. The number of benzene rings is 2. The summed E-state index contributed by atoms with van der Waals surface area (Å²) in [6.45, 7) is 0.948. The lowest BCUT2D eigenvalue weighted by Crippen LogP contribution is -2.31. The molecule has 0 spiro atoms. The number of hydrogen-bond donors (Lipinski definition) is 0. The highest BCUT2D eigenvalue weighted by Crippen LogP contribution is 2.34. The molecule has 3 rings (SSSR count). The highest BCUT2D eigenvalue weighted by molar-refractivity contribution is 5.85. The van der Waals surface area contributed by atoms with Crippen molar-refractivity contribution in [1.29, 1.82) is 0 Å². The number of methoxy groups -OCH3 is 3. The molecule has 2 aromatic rings. The SMILES string of the molecule is COc1cc(OC)c(OC)cc1C=NCC1COc2ccccc2O1. The van der Waals surface area contributed by atoms with Gasteiger partial charge in [0.25, 0.3) is 0 Å². The lowest BCUT2D eigenvalue weighted by molar-refractivity contribution is 0.0973. The van der Waals surface area contributed by atoms with Crippen LogP contribution in [0, 0.1) is 0 Å². The van der Waals surface area contributed by atoms with Crippen LogP contribution in [0.4, 0.5) is 0 Å². The van der Waals surface area contributed by atoms with Crippen LogP contribution in [0.15, 0.2) is 41.4 Å². The second-order valence-corrected chi connectivity index (χ2v) is 5.44. The van der Waals surface area contributed by atoms with Crippen LogP contribution in [0.25, 0.3) is 0 Å². The van der Waals surface area contributed by atoms with Gasteiger partial charge in [0, 0.05) is 17.8 Å². The molecule has 6 heteroatoms. The van der Waals surface area contributed by atoms with Crippen LogP contribution in [-0.2, 0) is 0 Å². The second kappa shape index (κ2) is 7.79. The van der Waals surface area contributed by atoms with Gasteiger partial charge in [-0.25, -0.2) is 0 Å². The van der Waals surface area contributed by atoms with Crippen LogP contribution >= 0.6 is 0 Å². The van der Waals surface area contributed by atoms with Crippen LogP contribution in [-0.4, -0.2) is 46.8 Å². The van der Waals surface area contributed by atoms with Crippen LogP contribution < -0.4 is 23.7 Å². The Kier molecular flexibility index (Phi) is 5.28. The van der Waals surface area contributed by atoms with Crippen LogP contribution in [0.1, 0.15) is 5.56 Å². The predicted octanol–water partition coefficient (Wildman–Crippen LogP) is 2.97. The zero-order chi connectivity index (χ0) is 17.6. The predicted molar refractivity (Wildman–Crippen MR) is 94.9 cm³/mol. The molecule has 1 atom stereocenters. The second-order valence-electron chi connectivity index (χ2n) is 5.44. The molecule has 25 heavy (non-hydrogen) atoms. The smallest absolute Gasteiger partial charge is 0.164 e. The monoisotopic (exact) mass is 343 g/mol. The minimum absolute atomic E-state index is 0.128. The van der Waals surface area contributed by atoms with Gasteiger partial charge in [-0.3, -0.25) is 4.99 Å². The van der Waals surface area contributed by atoms with Crippen molar-refractivity contribution in [2.24, 2.45) is 4.99 Å². The summed E-state index contributed by atoms with van der Waals surface area (Å²) < 4.78 is 27.6. The number of aliphatic imine (C=N–C) groups is 1. The summed E-state index contributed by atoms with van der Waals surface area (Å²) in [7, 11) is 4.78. The van der Waals surface area contributed by atoms with Crippen LogP contribution in [0.5, 0.6) is 28.7 Å². The maximum absolute atomic E-state index is 5.89. The Labute approximate surface area is 147 Å². The molecule has 1 aliphatic rings. The van der Waals surface area contributed by atoms with Crippen molar-refractivity contribution in [3.05, 3.63) is 42.0 Å². The van der Waals surface area contributed by atoms with Gasteiger partial charge in [0.05, 0.1) is 27.9 Å². The fourth-order valence-corrected chi connectivity index (χ4v) is 2.58. The third-order valence-electron chi connectivity index (χ3n) is 3.84. The van der Waals surface area contributed by atoms with E-state index in [-0.39, 0.29) is 6.10 Å². The average molecular weight is 343 g/mol. The first-order valence-corrected chi connectivity index (χ1v) is 7.93. The fraction of sp³-hybridized carbons (Fsp3) is 0.316. The Morgan fingerprint density at radius 3 is 2.40 bits per heavy atom. The van der Waals surface area contributed by atoms with E-state index in [0.717, 1.165) is 17.1 Å². The fourth-order valence-electron chi connectivity index (χ4n) is 2.58. The summed E-state index contributed by atoms with van der Waals surface area (Å²) in [5, 5.41) is 0. The molecule has 0 saturated carbocycles. The molecule has 132 valence electrons. The number of ether oxygens (including phenoxy) is 5. The van der Waals surface area contributed by atoms with Crippen molar-refractivity contribution < 1.29 is 23.7 Å². The van der Waals surface area contributed by atoms with E-state index >= 15 is 0 Å². The molecule has 0 aromatic heterocycles. The zero-order valence-electron chi connectivity index (χ0n) is 14.5. The van der Waals surface area contributed by atoms with E-state index < -0.39 is 0 Å². The molecule has 6 nitrogen and oxygen atoms in total. The third-order valence-corrected chi connectivity index (χ3v) is 3.84. The minimum atomic E-state index is -0.128. The van der Waals surface area contributed by atoms with Gasteiger partial charge < -0.3 is 23.7 Å². The lowest BCUT2D eigenvalue weighted by Gasteiger charge is -2.25. The maximum Gasteiger partial charge on any atom is 0.164 e. The highest BCUT2D eigenvalue weighted by Gasteiger charge is 2.20. The van der Waals surface area contributed by atoms with E-state index in [9.17, 15) is 0 Å². The molecule has 0 N–H and O–H groups in total. The van der Waals surface area contributed by atoms with Crippen molar-refractivity contribution in [3.8, 4) is 28.7 Å². The molecular weight excluding hydrogens is 322 g/mol. The molecule has 0 fully saturated rings. The van der Waals surface area contributed by atoms with Crippen molar-refractivity contribution in [1.82, 2.24) is 0 Å². The summed E-state index contributed by atoms with van der Waals surface area (Å²) in [5.41, 5.74) is 0.803. The topological polar surface area (TPSA) is 58.5 Å². The lowest BCUT2D eigenvalue weighted by atomic mass is 10.2. The maximum atomic E-state index is 5.89. The first-order chi connectivity index (χ1) is 12.2. The molecule has 0 aliphatic carbocycles. The van der Waals surface area contributed by atoms with Crippen molar-refractivity contribution >= 4 is 6.21 Å². The van der Waals surface area contributed by atoms with E-state index in [0.29, 0.717) is 30.4 Å².